The molecule has 1 rings (SSSR count). The van der Waals surface area contributed by atoms with Gasteiger partial charge in [-0.25, -0.2) is 4.79 Å². The van der Waals surface area contributed by atoms with Gasteiger partial charge < -0.3 is 24.8 Å². The Morgan fingerprint density at radius 1 is 0.947 bits per heavy atom. The maximum absolute atomic E-state index is 12.9. The van der Waals surface area contributed by atoms with E-state index in [2.05, 4.69) is 9.98 Å². The highest BCUT2D eigenvalue weighted by Crippen LogP contribution is 2.25. The number of aliphatic carboxylic acids is 2. The molecule has 38 heavy (non-hydrogen) atoms. The number of carbonyl (C=O) groups is 5. The van der Waals surface area contributed by atoms with E-state index in [1.165, 1.54) is 13.1 Å². The molecule has 0 aliphatic rings. The highest BCUT2D eigenvalue weighted by atomic mass is 16.5. The van der Waals surface area contributed by atoms with E-state index in [0.717, 1.165) is 13.3 Å². The van der Waals surface area contributed by atoms with Crippen molar-refractivity contribution in [2.75, 3.05) is 7.11 Å². The highest BCUT2D eigenvalue weighted by Gasteiger charge is 2.41. The molecule has 0 aliphatic heterocycles. The van der Waals surface area contributed by atoms with Gasteiger partial charge in [0.15, 0.2) is 5.78 Å². The fraction of sp³-hybridized carbons (Fsp3) is 0.577. The normalized spacial score (nSPS) is 12.6. The van der Waals surface area contributed by atoms with Crippen LogP contribution in [0.3, 0.4) is 0 Å². The fourth-order valence-electron chi connectivity index (χ4n) is 3.48. The van der Waals surface area contributed by atoms with E-state index in [-0.39, 0.29) is 49.3 Å². The second-order valence-corrected chi connectivity index (χ2v) is 8.95. The summed E-state index contributed by atoms with van der Waals surface area (Å²) in [6.07, 6.45) is 5.35. The molecule has 0 spiro atoms. The van der Waals surface area contributed by atoms with Gasteiger partial charge in [-0.15, -0.1) is 0 Å². The standard InChI is InChI=1S/C26H36N2O10/c1-17-24(35)19(18(14-27-17)16-38-23(34)13-9-5-8-12-22(32)33)15-28-26(2,25(36)37-3)20(29)10-6-4-7-11-21(30)31/h14-15,35H,4-13,16H2,1-3H3,(H,30,31)(H,32,33)/t26-/m0/s1. The van der Waals surface area contributed by atoms with Crippen LogP contribution in [0, 0.1) is 6.92 Å². The van der Waals surface area contributed by atoms with E-state index in [1.807, 2.05) is 0 Å². The van der Waals surface area contributed by atoms with Crippen molar-refractivity contribution in [3.8, 4) is 5.75 Å². The van der Waals surface area contributed by atoms with Crippen molar-refractivity contribution in [1.29, 1.82) is 0 Å². The number of carboxylic acid groups (broad SMARTS) is 2. The van der Waals surface area contributed by atoms with Crippen LogP contribution < -0.4 is 0 Å². The van der Waals surface area contributed by atoms with Gasteiger partial charge >= 0.3 is 23.9 Å². The lowest BCUT2D eigenvalue weighted by Gasteiger charge is -2.21. The van der Waals surface area contributed by atoms with Gasteiger partial charge in [0.1, 0.15) is 12.4 Å². The van der Waals surface area contributed by atoms with Crippen molar-refractivity contribution in [2.45, 2.75) is 90.2 Å². The molecule has 12 nitrogen and oxygen atoms in total. The molecule has 0 bridgehead atoms. The second-order valence-electron chi connectivity index (χ2n) is 8.95. The summed E-state index contributed by atoms with van der Waals surface area (Å²) in [6, 6.07) is 0. The van der Waals surface area contributed by atoms with Crippen LogP contribution in [-0.4, -0.2) is 68.8 Å². The van der Waals surface area contributed by atoms with Crippen molar-refractivity contribution < 1.29 is 48.8 Å². The molecule has 0 saturated carbocycles. The summed E-state index contributed by atoms with van der Waals surface area (Å²) in [6.45, 7) is 2.59. The van der Waals surface area contributed by atoms with Crippen molar-refractivity contribution in [2.24, 2.45) is 4.99 Å². The Bertz CT molecular complexity index is 1040. The van der Waals surface area contributed by atoms with Gasteiger partial charge in [-0.3, -0.25) is 29.2 Å². The number of hydrogen-bond donors (Lipinski definition) is 3. The summed E-state index contributed by atoms with van der Waals surface area (Å²) in [5.41, 5.74) is -1.24. The lowest BCUT2D eigenvalue weighted by Crippen LogP contribution is -2.43. The number of aromatic nitrogens is 1. The SMILES string of the molecule is COC(=O)[C@@](C)(N=Cc1c(COC(=O)CCCCCC(=O)O)cnc(C)c1O)C(=O)CCCCCC(=O)O. The number of ketones is 1. The van der Waals surface area contributed by atoms with Crippen LogP contribution >= 0.6 is 0 Å². The van der Waals surface area contributed by atoms with Gasteiger partial charge in [0.05, 0.1) is 12.8 Å². The third-order valence-electron chi connectivity index (χ3n) is 5.89. The smallest absolute Gasteiger partial charge is 0.341 e. The van der Waals surface area contributed by atoms with Crippen LogP contribution in [0.15, 0.2) is 11.2 Å². The Kier molecular flexibility index (Phi) is 13.6. The number of hydrogen-bond acceptors (Lipinski definition) is 10. The van der Waals surface area contributed by atoms with Crippen molar-refractivity contribution in [3.05, 3.63) is 23.0 Å². The summed E-state index contributed by atoms with van der Waals surface area (Å²) in [7, 11) is 1.12. The molecule has 3 N–H and O–H groups in total. The molecule has 1 atom stereocenters. The minimum Gasteiger partial charge on any atom is -0.505 e. The molecule has 12 heteroatoms. The zero-order valence-corrected chi connectivity index (χ0v) is 22.0. The lowest BCUT2D eigenvalue weighted by atomic mass is 9.92. The Morgan fingerprint density at radius 3 is 2.05 bits per heavy atom. The first-order valence-electron chi connectivity index (χ1n) is 12.4. The predicted molar refractivity (Wildman–Crippen MR) is 135 cm³/mol. The molecule has 1 heterocycles. The molecule has 0 unspecified atom stereocenters. The summed E-state index contributed by atoms with van der Waals surface area (Å²) >= 11 is 0. The van der Waals surface area contributed by atoms with E-state index < -0.39 is 35.2 Å². The van der Waals surface area contributed by atoms with Gasteiger partial charge in [0, 0.05) is 49.2 Å². The molecule has 0 amide bonds. The molecule has 0 saturated heterocycles. The van der Waals surface area contributed by atoms with E-state index >= 15 is 0 Å². The van der Waals surface area contributed by atoms with Crippen molar-refractivity contribution >= 4 is 35.9 Å². The van der Waals surface area contributed by atoms with Gasteiger partial charge in [0.2, 0.25) is 5.54 Å². The zero-order chi connectivity index (χ0) is 28.7. The van der Waals surface area contributed by atoms with Crippen LogP contribution in [0.1, 0.15) is 88.0 Å². The van der Waals surface area contributed by atoms with Gasteiger partial charge in [-0.05, 0) is 39.5 Å². The van der Waals surface area contributed by atoms with Crippen LogP contribution in [0.25, 0.3) is 0 Å². The summed E-state index contributed by atoms with van der Waals surface area (Å²) in [4.78, 5) is 66.9. The number of esters is 2. The zero-order valence-electron chi connectivity index (χ0n) is 22.0. The molecule has 0 radical (unpaired) electrons. The van der Waals surface area contributed by atoms with Crippen LogP contribution in [0.5, 0.6) is 5.75 Å². The Labute approximate surface area is 221 Å². The quantitative estimate of drug-likeness (QED) is 0.108. The third-order valence-corrected chi connectivity index (χ3v) is 5.89. The molecular formula is C26H36N2O10. The second kappa shape index (κ2) is 16.1. The average molecular weight is 537 g/mol. The third kappa shape index (κ3) is 10.7. The first kappa shape index (κ1) is 32.2. The molecule has 1 aromatic rings. The topological polar surface area (TPSA) is 190 Å². The number of unbranched alkanes of at least 4 members (excludes halogenated alkanes) is 4. The summed E-state index contributed by atoms with van der Waals surface area (Å²) in [5.74, 6) is -4.02. The molecule has 0 aromatic carbocycles. The molecule has 1 aromatic heterocycles. The number of Topliss-reactive ketones (excluding diaryl/α,β-unsaturated/α-hetero) is 1. The minimum absolute atomic E-state index is 0.0145. The van der Waals surface area contributed by atoms with Crippen molar-refractivity contribution in [1.82, 2.24) is 4.98 Å². The Balaban J connectivity index is 2.96. The minimum atomic E-state index is -1.91. The summed E-state index contributed by atoms with van der Waals surface area (Å²) in [5, 5.41) is 28.0. The number of carbonyl (C=O) groups excluding carboxylic acids is 3. The van der Waals surface area contributed by atoms with Crippen LogP contribution in [0.2, 0.25) is 0 Å². The van der Waals surface area contributed by atoms with E-state index in [9.17, 15) is 29.1 Å². The number of aromatic hydroxyl groups is 1. The van der Waals surface area contributed by atoms with Gasteiger partial charge in [-0.1, -0.05) is 12.8 Å². The van der Waals surface area contributed by atoms with Crippen molar-refractivity contribution in [3.63, 3.8) is 0 Å². The highest BCUT2D eigenvalue weighted by molar-refractivity contribution is 6.09. The largest absolute Gasteiger partial charge is 0.505 e. The fourth-order valence-corrected chi connectivity index (χ4v) is 3.48. The molecule has 210 valence electrons. The molecule has 0 fully saturated rings. The molecule has 0 aliphatic carbocycles. The predicted octanol–water partition coefficient (Wildman–Crippen LogP) is 3.13. The summed E-state index contributed by atoms with van der Waals surface area (Å²) < 4.78 is 10.1. The first-order chi connectivity index (χ1) is 17.9. The number of aliphatic imine (C=N–C) groups is 1. The monoisotopic (exact) mass is 536 g/mol. The lowest BCUT2D eigenvalue weighted by molar-refractivity contribution is -0.150. The maximum atomic E-state index is 12.9. The van der Waals surface area contributed by atoms with E-state index in [1.54, 1.807) is 6.92 Å². The van der Waals surface area contributed by atoms with Crippen LogP contribution in [0.4, 0.5) is 0 Å². The van der Waals surface area contributed by atoms with Crippen LogP contribution in [-0.2, 0) is 40.1 Å². The number of rotatable bonds is 18. The number of ether oxygens (including phenoxy) is 2. The number of carboxylic acids is 2. The maximum Gasteiger partial charge on any atom is 0.341 e. The number of aryl methyl sites for hydroxylation is 1. The van der Waals surface area contributed by atoms with E-state index in [0.29, 0.717) is 44.1 Å². The first-order valence-corrected chi connectivity index (χ1v) is 12.4. The Morgan fingerprint density at radius 2 is 1.50 bits per heavy atom. The number of nitrogens with zero attached hydrogens (tertiary/aromatic N) is 2. The average Bonchev–Trinajstić information content (AvgIpc) is 2.87. The molecular weight excluding hydrogens is 500 g/mol. The van der Waals surface area contributed by atoms with E-state index in [4.69, 9.17) is 19.7 Å². The van der Waals surface area contributed by atoms with Gasteiger partial charge in [-0.2, -0.15) is 0 Å². The Hall–Kier alpha value is -3.83. The van der Waals surface area contributed by atoms with Gasteiger partial charge in [0.25, 0.3) is 0 Å². The number of pyridine rings is 1. The number of methoxy groups -OCH3 is 1.